The molecule has 0 radical (unpaired) electrons. The highest BCUT2D eigenvalue weighted by Crippen LogP contribution is 2.34. The van der Waals surface area contributed by atoms with Gasteiger partial charge in [-0.05, 0) is 48.5 Å². The lowest BCUT2D eigenvalue weighted by atomic mass is 10.1. The Morgan fingerprint density at radius 2 is 1.75 bits per heavy atom. The van der Waals surface area contributed by atoms with Gasteiger partial charge in [-0.3, -0.25) is 0 Å². The molecule has 3 rings (SSSR count). The molecule has 148 valence electrons. The molecule has 1 unspecified atom stereocenters. The summed E-state index contributed by atoms with van der Waals surface area (Å²) in [5.41, 5.74) is -0.702. The van der Waals surface area contributed by atoms with Gasteiger partial charge in [0.15, 0.2) is 17.3 Å². The Kier molecular flexibility index (Phi) is 4.92. The van der Waals surface area contributed by atoms with Crippen LogP contribution in [0.5, 0.6) is 5.75 Å². The van der Waals surface area contributed by atoms with Crippen LogP contribution in [0.25, 0.3) is 16.9 Å². The van der Waals surface area contributed by atoms with Crippen LogP contribution in [0, 0.1) is 10.6 Å². The van der Waals surface area contributed by atoms with E-state index in [1.165, 1.54) is 49.8 Å². The zero-order valence-electron chi connectivity index (χ0n) is 14.7. The van der Waals surface area contributed by atoms with Crippen molar-refractivity contribution in [2.75, 3.05) is 13.4 Å². The molecule has 1 heterocycles. The van der Waals surface area contributed by atoms with Gasteiger partial charge in [-0.1, -0.05) is 0 Å². The number of aromatic nitrogens is 2. The Bertz CT molecular complexity index is 1120. The number of nitrogens with zero attached hydrogens (tertiary/aromatic N) is 2. The number of hydrogen-bond acceptors (Lipinski definition) is 4. The molecule has 0 aliphatic rings. The third kappa shape index (κ3) is 3.86. The van der Waals surface area contributed by atoms with Crippen LogP contribution in [-0.2, 0) is 15.9 Å². The monoisotopic (exact) mass is 413 g/mol. The lowest BCUT2D eigenvalue weighted by Gasteiger charge is -2.10. The van der Waals surface area contributed by atoms with Crippen molar-refractivity contribution in [1.29, 1.82) is 4.78 Å². The van der Waals surface area contributed by atoms with Crippen LogP contribution in [0.2, 0.25) is 0 Å². The fourth-order valence-electron chi connectivity index (χ4n) is 2.59. The van der Waals surface area contributed by atoms with Crippen molar-refractivity contribution < 1.29 is 26.5 Å². The SMILES string of the molecule is COc1ccc(-c2cc(C(F)(F)F)nn2-c2ccc(S(C)(=N)=O)cc2)cc1F. The maximum atomic E-state index is 14.1. The third-order valence-corrected chi connectivity index (χ3v) is 5.15. The van der Waals surface area contributed by atoms with E-state index in [0.717, 1.165) is 16.8 Å². The Labute approximate surface area is 158 Å². The number of ether oxygens (including phenoxy) is 1. The number of nitrogens with one attached hydrogen (secondary N) is 1. The molecule has 10 heteroatoms. The minimum Gasteiger partial charge on any atom is -0.494 e. The summed E-state index contributed by atoms with van der Waals surface area (Å²) in [7, 11) is -1.69. The number of methoxy groups -OCH3 is 1. The van der Waals surface area contributed by atoms with Crippen LogP contribution >= 0.6 is 0 Å². The number of halogens is 4. The van der Waals surface area contributed by atoms with Crippen molar-refractivity contribution in [3.05, 3.63) is 60.0 Å². The van der Waals surface area contributed by atoms with Crippen LogP contribution in [-0.4, -0.2) is 27.4 Å². The van der Waals surface area contributed by atoms with E-state index in [4.69, 9.17) is 9.52 Å². The largest absolute Gasteiger partial charge is 0.494 e. The second-order valence-electron chi connectivity index (χ2n) is 6.01. The second-order valence-corrected chi connectivity index (χ2v) is 8.17. The highest BCUT2D eigenvalue weighted by molar-refractivity contribution is 7.91. The fourth-order valence-corrected chi connectivity index (χ4v) is 3.25. The Balaban J connectivity index is 2.18. The van der Waals surface area contributed by atoms with Gasteiger partial charge < -0.3 is 4.74 Å². The van der Waals surface area contributed by atoms with E-state index >= 15 is 0 Å². The summed E-state index contributed by atoms with van der Waals surface area (Å²) in [4.78, 5) is 0.233. The molecule has 1 atom stereocenters. The molecule has 0 aliphatic carbocycles. The van der Waals surface area contributed by atoms with Gasteiger partial charge in [-0.25, -0.2) is 18.1 Å². The summed E-state index contributed by atoms with van der Waals surface area (Å²) in [5, 5.41) is 3.61. The van der Waals surface area contributed by atoms with E-state index in [-0.39, 0.29) is 27.6 Å². The molecular formula is C18H15F4N3O2S. The Morgan fingerprint density at radius 3 is 2.25 bits per heavy atom. The molecule has 2 aromatic carbocycles. The first-order chi connectivity index (χ1) is 13.0. The summed E-state index contributed by atoms with van der Waals surface area (Å²) in [6.07, 6.45) is -3.45. The number of benzene rings is 2. The molecule has 0 fully saturated rings. The smallest absolute Gasteiger partial charge is 0.435 e. The summed E-state index contributed by atoms with van der Waals surface area (Å²) < 4.78 is 78.9. The van der Waals surface area contributed by atoms with Gasteiger partial charge in [0.1, 0.15) is 0 Å². The predicted molar refractivity (Wildman–Crippen MR) is 95.6 cm³/mol. The molecule has 0 amide bonds. The molecular weight excluding hydrogens is 398 g/mol. The van der Waals surface area contributed by atoms with Gasteiger partial charge in [0, 0.05) is 16.7 Å². The first kappa shape index (κ1) is 19.9. The first-order valence-electron chi connectivity index (χ1n) is 7.86. The highest BCUT2D eigenvalue weighted by atomic mass is 32.2. The van der Waals surface area contributed by atoms with Gasteiger partial charge in [0.2, 0.25) is 0 Å². The third-order valence-electron chi connectivity index (χ3n) is 3.98. The van der Waals surface area contributed by atoms with Crippen molar-refractivity contribution in [3.8, 4) is 22.7 Å². The maximum Gasteiger partial charge on any atom is 0.435 e. The molecule has 0 saturated carbocycles. The van der Waals surface area contributed by atoms with Crippen molar-refractivity contribution >= 4 is 9.73 Å². The number of rotatable bonds is 4. The van der Waals surface area contributed by atoms with E-state index in [9.17, 15) is 21.8 Å². The fraction of sp³-hybridized carbons (Fsp3) is 0.167. The Hall–Kier alpha value is -2.88. The highest BCUT2D eigenvalue weighted by Gasteiger charge is 2.35. The first-order valence-corrected chi connectivity index (χ1v) is 9.83. The van der Waals surface area contributed by atoms with Crippen molar-refractivity contribution in [2.24, 2.45) is 0 Å². The Morgan fingerprint density at radius 1 is 1.11 bits per heavy atom. The standard InChI is InChI=1S/C18H15F4N3O2S/c1-27-16-8-3-11(9-14(16)19)15-10-17(18(20,21)22)24-25(15)12-4-6-13(7-5-12)28(2,23)26/h3-10,23H,1-2H3. The zero-order valence-corrected chi connectivity index (χ0v) is 15.6. The van der Waals surface area contributed by atoms with Crippen molar-refractivity contribution in [1.82, 2.24) is 9.78 Å². The number of alkyl halides is 3. The van der Waals surface area contributed by atoms with Crippen molar-refractivity contribution in [3.63, 3.8) is 0 Å². The van der Waals surface area contributed by atoms with Gasteiger partial charge in [-0.2, -0.15) is 18.3 Å². The summed E-state index contributed by atoms with van der Waals surface area (Å²) in [6.45, 7) is 0. The quantitative estimate of drug-likeness (QED) is 0.628. The second kappa shape index (κ2) is 6.93. The van der Waals surface area contributed by atoms with E-state index in [1.807, 2.05) is 0 Å². The minimum atomic E-state index is -4.69. The molecule has 3 aromatic rings. The molecule has 0 spiro atoms. The van der Waals surface area contributed by atoms with Gasteiger partial charge in [-0.15, -0.1) is 0 Å². The van der Waals surface area contributed by atoms with Crippen LogP contribution in [0.1, 0.15) is 5.69 Å². The van der Waals surface area contributed by atoms with Crippen LogP contribution in [0.15, 0.2) is 53.4 Å². The summed E-state index contributed by atoms with van der Waals surface area (Å²) in [6, 6.07) is 10.2. The zero-order chi connectivity index (χ0) is 20.7. The normalized spacial score (nSPS) is 13.9. The molecule has 1 aromatic heterocycles. The van der Waals surface area contributed by atoms with Gasteiger partial charge in [0.25, 0.3) is 0 Å². The van der Waals surface area contributed by atoms with E-state index < -0.39 is 27.4 Å². The van der Waals surface area contributed by atoms with Gasteiger partial charge >= 0.3 is 6.18 Å². The van der Waals surface area contributed by atoms with Crippen LogP contribution in [0.3, 0.4) is 0 Å². The average molecular weight is 413 g/mol. The predicted octanol–water partition coefficient (Wildman–Crippen LogP) is 4.74. The molecule has 0 saturated heterocycles. The van der Waals surface area contributed by atoms with Crippen LogP contribution < -0.4 is 4.74 Å². The minimum absolute atomic E-state index is 0.0183. The van der Waals surface area contributed by atoms with Gasteiger partial charge in [0.05, 0.1) is 28.2 Å². The van der Waals surface area contributed by atoms with E-state index in [1.54, 1.807) is 0 Å². The lowest BCUT2D eigenvalue weighted by molar-refractivity contribution is -0.141. The molecule has 0 aliphatic heterocycles. The molecule has 0 bridgehead atoms. The average Bonchev–Trinajstić information content (AvgIpc) is 3.07. The molecule has 28 heavy (non-hydrogen) atoms. The molecule has 5 nitrogen and oxygen atoms in total. The van der Waals surface area contributed by atoms with E-state index in [2.05, 4.69) is 5.10 Å². The maximum absolute atomic E-state index is 14.1. The lowest BCUT2D eigenvalue weighted by Crippen LogP contribution is -2.07. The molecule has 1 N–H and O–H groups in total. The topological polar surface area (TPSA) is 68.0 Å². The summed E-state index contributed by atoms with van der Waals surface area (Å²) in [5.74, 6) is -0.764. The van der Waals surface area contributed by atoms with Crippen molar-refractivity contribution in [2.45, 2.75) is 11.1 Å². The van der Waals surface area contributed by atoms with Crippen LogP contribution in [0.4, 0.5) is 17.6 Å². The number of hydrogen-bond donors (Lipinski definition) is 1. The van der Waals surface area contributed by atoms with E-state index in [0.29, 0.717) is 0 Å². The summed E-state index contributed by atoms with van der Waals surface area (Å²) >= 11 is 0.